The van der Waals surface area contributed by atoms with Crippen LogP contribution < -0.4 is 11.2 Å². The molecular formula is C17H18N2O5. The maximum absolute atomic E-state index is 11.9. The summed E-state index contributed by atoms with van der Waals surface area (Å²) < 4.78 is 12.4. The van der Waals surface area contributed by atoms with Crippen molar-refractivity contribution in [3.8, 4) is 0 Å². The monoisotopic (exact) mass is 330 g/mol. The van der Waals surface area contributed by atoms with Gasteiger partial charge in [-0.25, -0.2) is 9.59 Å². The predicted octanol–water partition coefficient (Wildman–Crippen LogP) is 1.38. The molecule has 0 amide bonds. The second-order valence-corrected chi connectivity index (χ2v) is 5.73. The number of hydrogen-bond acceptors (Lipinski definition) is 5. The summed E-state index contributed by atoms with van der Waals surface area (Å²) in [5, 5.41) is 0. The van der Waals surface area contributed by atoms with Crippen LogP contribution in [0.4, 0.5) is 0 Å². The Bertz CT molecular complexity index is 840. The lowest BCUT2D eigenvalue weighted by molar-refractivity contribution is -0.0340. The summed E-state index contributed by atoms with van der Waals surface area (Å²) in [5.41, 5.74) is 0.0248. The van der Waals surface area contributed by atoms with Crippen molar-refractivity contribution in [1.82, 2.24) is 9.55 Å². The molecule has 2 aromatic rings. The van der Waals surface area contributed by atoms with Crippen LogP contribution in [0.5, 0.6) is 0 Å². The van der Waals surface area contributed by atoms with E-state index in [1.807, 2.05) is 6.07 Å². The summed E-state index contributed by atoms with van der Waals surface area (Å²) in [4.78, 5) is 37.5. The second kappa shape index (κ2) is 6.84. The SMILES string of the molecule is Cc1cn([C@@H]2CC[C@@H](COC(=O)c3ccccc3)O2)c(=O)[nH]c1=O. The second-order valence-electron chi connectivity index (χ2n) is 5.73. The molecule has 1 aliphatic heterocycles. The Morgan fingerprint density at radius 2 is 2.04 bits per heavy atom. The summed E-state index contributed by atoms with van der Waals surface area (Å²) in [5.74, 6) is -0.403. The van der Waals surface area contributed by atoms with Crippen LogP contribution in [-0.4, -0.2) is 28.2 Å². The molecule has 1 fully saturated rings. The number of H-pyrrole nitrogens is 1. The van der Waals surface area contributed by atoms with E-state index in [0.29, 0.717) is 24.0 Å². The molecule has 126 valence electrons. The van der Waals surface area contributed by atoms with Gasteiger partial charge in [0.25, 0.3) is 5.56 Å². The standard InChI is InChI=1S/C17H18N2O5/c1-11-9-19(17(22)18-15(11)20)14-8-7-13(24-14)10-23-16(21)12-5-3-2-4-6-12/h2-6,9,13-14H,7-8,10H2,1H3,(H,18,20,22)/t13-,14-/m0/s1. The van der Waals surface area contributed by atoms with E-state index in [4.69, 9.17) is 9.47 Å². The highest BCUT2D eigenvalue weighted by atomic mass is 16.6. The van der Waals surface area contributed by atoms with Gasteiger partial charge >= 0.3 is 11.7 Å². The zero-order chi connectivity index (χ0) is 17.1. The number of carbonyl (C=O) groups excluding carboxylic acids is 1. The number of hydrogen-bond donors (Lipinski definition) is 1. The van der Waals surface area contributed by atoms with E-state index in [1.54, 1.807) is 31.2 Å². The van der Waals surface area contributed by atoms with Gasteiger partial charge in [0.15, 0.2) is 0 Å². The third-order valence-corrected chi connectivity index (χ3v) is 3.95. The number of carbonyl (C=O) groups is 1. The fourth-order valence-corrected chi connectivity index (χ4v) is 2.64. The van der Waals surface area contributed by atoms with Gasteiger partial charge < -0.3 is 9.47 Å². The molecule has 7 nitrogen and oxygen atoms in total. The zero-order valence-electron chi connectivity index (χ0n) is 13.2. The van der Waals surface area contributed by atoms with Crippen LogP contribution in [-0.2, 0) is 9.47 Å². The first-order valence-electron chi connectivity index (χ1n) is 7.74. The first-order chi connectivity index (χ1) is 11.5. The van der Waals surface area contributed by atoms with Gasteiger partial charge in [0.1, 0.15) is 12.8 Å². The quantitative estimate of drug-likeness (QED) is 0.855. The highest BCUT2D eigenvalue weighted by Crippen LogP contribution is 2.27. The molecule has 24 heavy (non-hydrogen) atoms. The van der Waals surface area contributed by atoms with E-state index >= 15 is 0 Å². The Morgan fingerprint density at radius 3 is 2.79 bits per heavy atom. The Kier molecular flexibility index (Phi) is 4.61. The molecule has 7 heteroatoms. The van der Waals surface area contributed by atoms with Gasteiger partial charge in [-0.15, -0.1) is 0 Å². The van der Waals surface area contributed by atoms with Crippen molar-refractivity contribution in [2.75, 3.05) is 6.61 Å². The normalized spacial score (nSPS) is 20.0. The molecule has 0 spiro atoms. The third kappa shape index (κ3) is 3.46. The third-order valence-electron chi connectivity index (χ3n) is 3.95. The number of aromatic nitrogens is 2. The fourth-order valence-electron chi connectivity index (χ4n) is 2.64. The van der Waals surface area contributed by atoms with Crippen molar-refractivity contribution in [3.05, 3.63) is 68.5 Å². The number of rotatable bonds is 4. The zero-order valence-corrected chi connectivity index (χ0v) is 13.2. The predicted molar refractivity (Wildman–Crippen MR) is 85.9 cm³/mol. The molecule has 0 saturated carbocycles. The molecule has 0 bridgehead atoms. The van der Waals surface area contributed by atoms with Crippen LogP contribution in [0.2, 0.25) is 0 Å². The van der Waals surface area contributed by atoms with Crippen LogP contribution in [0.15, 0.2) is 46.1 Å². The van der Waals surface area contributed by atoms with Gasteiger partial charge in [-0.05, 0) is 31.9 Å². The van der Waals surface area contributed by atoms with E-state index in [-0.39, 0.29) is 12.7 Å². The number of aryl methyl sites for hydroxylation is 1. The molecule has 3 rings (SSSR count). The molecule has 2 atom stereocenters. The molecule has 0 aliphatic carbocycles. The number of benzene rings is 1. The minimum Gasteiger partial charge on any atom is -0.459 e. The van der Waals surface area contributed by atoms with Crippen molar-refractivity contribution in [2.45, 2.75) is 32.1 Å². The number of nitrogens with one attached hydrogen (secondary N) is 1. The van der Waals surface area contributed by atoms with Gasteiger partial charge in [-0.1, -0.05) is 18.2 Å². The van der Waals surface area contributed by atoms with Gasteiger partial charge in [0.05, 0.1) is 11.7 Å². The van der Waals surface area contributed by atoms with Gasteiger partial charge in [0.2, 0.25) is 0 Å². The van der Waals surface area contributed by atoms with E-state index in [0.717, 1.165) is 0 Å². The topological polar surface area (TPSA) is 90.4 Å². The summed E-state index contributed by atoms with van der Waals surface area (Å²) >= 11 is 0. The molecule has 0 unspecified atom stereocenters. The van der Waals surface area contributed by atoms with Crippen LogP contribution in [0.1, 0.15) is 35.0 Å². The van der Waals surface area contributed by atoms with Gasteiger partial charge in [0, 0.05) is 11.8 Å². The summed E-state index contributed by atoms with van der Waals surface area (Å²) in [6, 6.07) is 8.73. The number of aromatic amines is 1. The molecule has 1 N–H and O–H groups in total. The van der Waals surface area contributed by atoms with Crippen molar-refractivity contribution < 1.29 is 14.3 Å². The Labute approximate surface area is 137 Å². The number of ether oxygens (including phenoxy) is 2. The molecule has 1 aromatic heterocycles. The van der Waals surface area contributed by atoms with Crippen molar-refractivity contribution >= 4 is 5.97 Å². The van der Waals surface area contributed by atoms with Crippen molar-refractivity contribution in [1.29, 1.82) is 0 Å². The average Bonchev–Trinajstić information content (AvgIpc) is 3.05. The average molecular weight is 330 g/mol. The minimum absolute atomic E-state index is 0.126. The van der Waals surface area contributed by atoms with Gasteiger partial charge in [-0.3, -0.25) is 14.3 Å². The van der Waals surface area contributed by atoms with Crippen LogP contribution in [0.3, 0.4) is 0 Å². The van der Waals surface area contributed by atoms with E-state index in [2.05, 4.69) is 4.98 Å². The van der Waals surface area contributed by atoms with Crippen molar-refractivity contribution in [3.63, 3.8) is 0 Å². The first kappa shape index (κ1) is 16.2. The highest BCUT2D eigenvalue weighted by Gasteiger charge is 2.28. The summed E-state index contributed by atoms with van der Waals surface area (Å²) in [6.45, 7) is 1.75. The number of nitrogens with zero attached hydrogens (tertiary/aromatic N) is 1. The Balaban J connectivity index is 1.60. The summed E-state index contributed by atoms with van der Waals surface area (Å²) in [6.07, 6.45) is 2.02. The summed E-state index contributed by atoms with van der Waals surface area (Å²) in [7, 11) is 0. The minimum atomic E-state index is -0.502. The number of esters is 1. The molecule has 1 aromatic carbocycles. The van der Waals surface area contributed by atoms with E-state index in [9.17, 15) is 14.4 Å². The first-order valence-corrected chi connectivity index (χ1v) is 7.74. The lowest BCUT2D eigenvalue weighted by Crippen LogP contribution is -2.33. The molecule has 0 radical (unpaired) electrons. The van der Waals surface area contributed by atoms with Crippen molar-refractivity contribution in [2.24, 2.45) is 0 Å². The Hall–Kier alpha value is -2.67. The molecular weight excluding hydrogens is 312 g/mol. The van der Waals surface area contributed by atoms with E-state index in [1.165, 1.54) is 10.8 Å². The molecule has 1 aliphatic rings. The van der Waals surface area contributed by atoms with Gasteiger partial charge in [-0.2, -0.15) is 0 Å². The van der Waals surface area contributed by atoms with Crippen LogP contribution in [0.25, 0.3) is 0 Å². The lowest BCUT2D eigenvalue weighted by Gasteiger charge is -2.16. The maximum Gasteiger partial charge on any atom is 0.338 e. The smallest absolute Gasteiger partial charge is 0.338 e. The highest BCUT2D eigenvalue weighted by molar-refractivity contribution is 5.89. The van der Waals surface area contributed by atoms with Crippen LogP contribution >= 0.6 is 0 Å². The fraction of sp³-hybridized carbons (Fsp3) is 0.353. The Morgan fingerprint density at radius 1 is 1.29 bits per heavy atom. The van der Waals surface area contributed by atoms with E-state index < -0.39 is 23.4 Å². The molecule has 2 heterocycles. The maximum atomic E-state index is 11.9. The largest absolute Gasteiger partial charge is 0.459 e. The van der Waals surface area contributed by atoms with Crippen LogP contribution in [0, 0.1) is 6.92 Å². The molecule has 1 saturated heterocycles. The lowest BCUT2D eigenvalue weighted by atomic mass is 10.2.